The molecule has 0 unspecified atom stereocenters. The van der Waals surface area contributed by atoms with Gasteiger partial charge in [-0.1, -0.05) is 12.1 Å². The normalized spacial score (nSPS) is 32.9. The van der Waals surface area contributed by atoms with Gasteiger partial charge in [-0.3, -0.25) is 0 Å². The van der Waals surface area contributed by atoms with Crippen LogP contribution in [0, 0.1) is 5.92 Å². The Bertz CT molecular complexity index is 384. The molecule has 2 N–H and O–H groups in total. The number of rotatable bonds is 2. The Hall–Kier alpha value is -1.02. The minimum absolute atomic E-state index is 0.825. The molecule has 0 radical (unpaired) electrons. The lowest BCUT2D eigenvalue weighted by atomic mass is 9.85. The van der Waals surface area contributed by atoms with E-state index in [4.69, 9.17) is 5.73 Å². The Balaban J connectivity index is 1.71. The van der Waals surface area contributed by atoms with E-state index < -0.39 is 0 Å². The van der Waals surface area contributed by atoms with Crippen LogP contribution >= 0.6 is 0 Å². The first kappa shape index (κ1) is 11.1. The van der Waals surface area contributed by atoms with Gasteiger partial charge in [-0.2, -0.15) is 0 Å². The van der Waals surface area contributed by atoms with Gasteiger partial charge in [0.2, 0.25) is 0 Å². The molecule has 1 aromatic rings. The van der Waals surface area contributed by atoms with Crippen molar-refractivity contribution in [2.45, 2.75) is 44.2 Å². The predicted octanol–water partition coefficient (Wildman–Crippen LogP) is 2.68. The molecule has 2 heteroatoms. The molecule has 0 aromatic heterocycles. The Morgan fingerprint density at radius 2 is 1.82 bits per heavy atom. The number of piperidine rings is 1. The Kier molecular flexibility index (Phi) is 2.83. The van der Waals surface area contributed by atoms with Gasteiger partial charge in [0.25, 0.3) is 0 Å². The highest BCUT2D eigenvalue weighted by Crippen LogP contribution is 2.39. The molecule has 3 atom stereocenters. The molecule has 2 fully saturated rings. The van der Waals surface area contributed by atoms with Gasteiger partial charge in [-0.25, -0.2) is 0 Å². The van der Waals surface area contributed by atoms with Crippen LogP contribution in [-0.2, 0) is 6.42 Å². The van der Waals surface area contributed by atoms with Gasteiger partial charge in [0.05, 0.1) is 0 Å². The van der Waals surface area contributed by atoms with Crippen LogP contribution in [0.25, 0.3) is 0 Å². The second-order valence-corrected chi connectivity index (χ2v) is 5.75. The number of hydrogen-bond acceptors (Lipinski definition) is 2. The van der Waals surface area contributed by atoms with E-state index in [9.17, 15) is 0 Å². The molecule has 2 aliphatic heterocycles. The summed E-state index contributed by atoms with van der Waals surface area (Å²) in [6, 6.07) is 10.1. The fourth-order valence-electron chi connectivity index (χ4n) is 3.75. The van der Waals surface area contributed by atoms with E-state index in [1.807, 2.05) is 12.1 Å². The van der Waals surface area contributed by atoms with Crippen molar-refractivity contribution in [2.24, 2.45) is 5.92 Å². The summed E-state index contributed by atoms with van der Waals surface area (Å²) in [5.41, 5.74) is 8.05. The lowest BCUT2D eigenvalue weighted by molar-refractivity contribution is 0.120. The van der Waals surface area contributed by atoms with Crippen molar-refractivity contribution in [1.29, 1.82) is 0 Å². The van der Waals surface area contributed by atoms with Crippen molar-refractivity contribution in [1.82, 2.24) is 4.90 Å². The van der Waals surface area contributed by atoms with Gasteiger partial charge in [0.15, 0.2) is 0 Å². The maximum atomic E-state index is 5.73. The van der Waals surface area contributed by atoms with Crippen molar-refractivity contribution >= 4 is 5.69 Å². The molecule has 2 bridgehead atoms. The number of anilines is 1. The number of hydrogen-bond donors (Lipinski definition) is 1. The number of nitrogens with two attached hydrogens (primary N) is 1. The van der Waals surface area contributed by atoms with Crippen molar-refractivity contribution in [2.75, 3.05) is 12.8 Å². The molecular weight excluding hydrogens is 208 g/mol. The predicted molar refractivity (Wildman–Crippen MR) is 71.9 cm³/mol. The van der Waals surface area contributed by atoms with Gasteiger partial charge in [0, 0.05) is 17.8 Å². The highest BCUT2D eigenvalue weighted by atomic mass is 15.2. The molecule has 0 spiro atoms. The average Bonchev–Trinajstić information content (AvgIpc) is 2.57. The molecule has 2 saturated heterocycles. The second kappa shape index (κ2) is 4.34. The monoisotopic (exact) mass is 230 g/mol. The fourth-order valence-corrected chi connectivity index (χ4v) is 3.75. The van der Waals surface area contributed by atoms with Crippen LogP contribution in [0.5, 0.6) is 0 Å². The maximum Gasteiger partial charge on any atom is 0.0314 e. The quantitative estimate of drug-likeness (QED) is 0.791. The molecule has 3 rings (SSSR count). The minimum Gasteiger partial charge on any atom is -0.399 e. The lowest BCUT2D eigenvalue weighted by Crippen LogP contribution is -2.42. The van der Waals surface area contributed by atoms with Crippen molar-refractivity contribution in [3.05, 3.63) is 29.8 Å². The van der Waals surface area contributed by atoms with Crippen LogP contribution in [0.1, 0.15) is 31.2 Å². The molecule has 17 heavy (non-hydrogen) atoms. The van der Waals surface area contributed by atoms with E-state index in [-0.39, 0.29) is 0 Å². The molecule has 2 nitrogen and oxygen atoms in total. The van der Waals surface area contributed by atoms with Gasteiger partial charge in [0.1, 0.15) is 0 Å². The van der Waals surface area contributed by atoms with E-state index >= 15 is 0 Å². The van der Waals surface area contributed by atoms with Gasteiger partial charge < -0.3 is 10.6 Å². The molecule has 92 valence electrons. The third kappa shape index (κ3) is 2.06. The van der Waals surface area contributed by atoms with Gasteiger partial charge in [-0.15, -0.1) is 0 Å². The first-order valence-electron chi connectivity index (χ1n) is 6.80. The first-order valence-corrected chi connectivity index (χ1v) is 6.80. The third-order valence-electron chi connectivity index (χ3n) is 4.79. The van der Waals surface area contributed by atoms with Crippen LogP contribution in [0.3, 0.4) is 0 Å². The standard InChI is InChI=1S/C15H22N2/c1-17-14-7-4-12(15(17)9-8-14)10-11-2-5-13(16)6-3-11/h2-3,5-6,12,14-15H,4,7-10,16H2,1H3/t12-,14+,15-/m1/s1. The minimum atomic E-state index is 0.825. The van der Waals surface area contributed by atoms with Crippen LogP contribution < -0.4 is 5.73 Å². The summed E-state index contributed by atoms with van der Waals surface area (Å²) < 4.78 is 0. The van der Waals surface area contributed by atoms with E-state index in [1.165, 1.54) is 37.7 Å². The zero-order valence-corrected chi connectivity index (χ0v) is 10.6. The lowest BCUT2D eigenvalue weighted by Gasteiger charge is -2.37. The zero-order chi connectivity index (χ0) is 11.8. The summed E-state index contributed by atoms with van der Waals surface area (Å²) in [6.07, 6.45) is 6.85. The highest BCUT2D eigenvalue weighted by molar-refractivity contribution is 5.39. The largest absolute Gasteiger partial charge is 0.399 e. The maximum absolute atomic E-state index is 5.73. The van der Waals surface area contributed by atoms with E-state index in [0.29, 0.717) is 0 Å². The van der Waals surface area contributed by atoms with E-state index in [2.05, 4.69) is 24.1 Å². The first-order chi connectivity index (χ1) is 8.24. The molecule has 2 heterocycles. The number of nitrogens with zero attached hydrogens (tertiary/aromatic N) is 1. The van der Waals surface area contributed by atoms with Crippen LogP contribution in [0.15, 0.2) is 24.3 Å². The summed E-state index contributed by atoms with van der Waals surface area (Å²) in [5, 5.41) is 0. The fraction of sp³-hybridized carbons (Fsp3) is 0.600. The number of nitrogen functional groups attached to an aromatic ring is 1. The van der Waals surface area contributed by atoms with Crippen molar-refractivity contribution in [3.8, 4) is 0 Å². The summed E-state index contributed by atoms with van der Waals surface area (Å²) >= 11 is 0. The Morgan fingerprint density at radius 1 is 1.12 bits per heavy atom. The smallest absolute Gasteiger partial charge is 0.0314 e. The molecule has 2 aliphatic rings. The van der Waals surface area contributed by atoms with Gasteiger partial charge in [-0.05, 0) is 62.8 Å². The molecule has 0 amide bonds. The SMILES string of the molecule is CN1[C@H]2CC[C@H](Cc3ccc(N)cc3)[C@H]1CC2. The zero-order valence-electron chi connectivity index (χ0n) is 10.6. The molecule has 1 aromatic carbocycles. The molecule has 0 aliphatic carbocycles. The van der Waals surface area contributed by atoms with Crippen LogP contribution in [0.4, 0.5) is 5.69 Å². The Morgan fingerprint density at radius 3 is 2.59 bits per heavy atom. The summed E-state index contributed by atoms with van der Waals surface area (Å²) in [7, 11) is 2.32. The molecular formula is C15H22N2. The van der Waals surface area contributed by atoms with Crippen molar-refractivity contribution < 1.29 is 0 Å². The second-order valence-electron chi connectivity index (χ2n) is 5.75. The van der Waals surface area contributed by atoms with E-state index in [0.717, 1.165) is 23.7 Å². The van der Waals surface area contributed by atoms with E-state index in [1.54, 1.807) is 0 Å². The summed E-state index contributed by atoms with van der Waals surface area (Å²) in [5.74, 6) is 0.849. The molecule has 0 saturated carbocycles. The average molecular weight is 230 g/mol. The van der Waals surface area contributed by atoms with Gasteiger partial charge >= 0.3 is 0 Å². The number of benzene rings is 1. The topological polar surface area (TPSA) is 29.3 Å². The van der Waals surface area contributed by atoms with Crippen molar-refractivity contribution in [3.63, 3.8) is 0 Å². The number of fused-ring (bicyclic) bond motifs is 2. The summed E-state index contributed by atoms with van der Waals surface area (Å²) in [6.45, 7) is 0. The van der Waals surface area contributed by atoms with Crippen LogP contribution in [-0.4, -0.2) is 24.0 Å². The highest BCUT2D eigenvalue weighted by Gasteiger charge is 2.39. The van der Waals surface area contributed by atoms with Crippen LogP contribution in [0.2, 0.25) is 0 Å². The third-order valence-corrected chi connectivity index (χ3v) is 4.79. The summed E-state index contributed by atoms with van der Waals surface area (Å²) in [4.78, 5) is 2.63. The Labute approximate surface area is 104 Å².